The fraction of sp³-hybridized carbons (Fsp3) is 0.560. The Hall–Kier alpha value is -3.03. The van der Waals surface area contributed by atoms with Gasteiger partial charge in [0, 0.05) is 58.1 Å². The molecule has 1 aromatic carbocycles. The number of carbonyl (C=O) groups is 1. The van der Waals surface area contributed by atoms with Crippen molar-refractivity contribution in [1.29, 1.82) is 0 Å². The van der Waals surface area contributed by atoms with E-state index in [-0.39, 0.29) is 23.1 Å². The minimum atomic E-state index is -0.314. The highest BCUT2D eigenvalue weighted by Gasteiger charge is 2.27. The maximum absolute atomic E-state index is 12.9. The molecule has 2 aliphatic rings. The van der Waals surface area contributed by atoms with Gasteiger partial charge >= 0.3 is 5.69 Å². The average molecular weight is 454 g/mol. The average Bonchev–Trinajstić information content (AvgIpc) is 2.85. The van der Waals surface area contributed by atoms with Gasteiger partial charge in [0.25, 0.3) is 5.56 Å². The summed E-state index contributed by atoms with van der Waals surface area (Å²) in [5.74, 6) is 0.541. The van der Waals surface area contributed by atoms with Crippen molar-refractivity contribution in [2.45, 2.75) is 45.6 Å². The van der Waals surface area contributed by atoms with Crippen LogP contribution in [0, 0.1) is 5.92 Å². The zero-order valence-electron chi connectivity index (χ0n) is 19.8. The first kappa shape index (κ1) is 23.1. The third-order valence-corrected chi connectivity index (χ3v) is 6.92. The molecule has 0 unspecified atom stereocenters. The van der Waals surface area contributed by atoms with Crippen LogP contribution in [-0.4, -0.2) is 47.8 Å². The Kier molecular flexibility index (Phi) is 7.20. The number of para-hydroxylation sites is 1. The number of hydrogen-bond donors (Lipinski definition) is 1. The maximum Gasteiger partial charge on any atom is 0.332 e. The summed E-state index contributed by atoms with van der Waals surface area (Å²) < 4.78 is 2.74. The molecule has 1 amide bonds. The van der Waals surface area contributed by atoms with Crippen molar-refractivity contribution in [3.8, 4) is 0 Å². The molecule has 0 saturated carbocycles. The number of hydrogen-bond acceptors (Lipinski definition) is 5. The van der Waals surface area contributed by atoms with Gasteiger partial charge in [-0.05, 0) is 50.7 Å². The monoisotopic (exact) mass is 453 g/mol. The Morgan fingerprint density at radius 1 is 1.15 bits per heavy atom. The summed E-state index contributed by atoms with van der Waals surface area (Å²) in [5.41, 5.74) is 2.11. The zero-order chi connectivity index (χ0) is 23.4. The Morgan fingerprint density at radius 3 is 2.79 bits per heavy atom. The lowest BCUT2D eigenvalue weighted by atomic mass is 9.97. The van der Waals surface area contributed by atoms with Crippen molar-refractivity contribution in [3.05, 3.63) is 56.7 Å². The first-order valence-electron chi connectivity index (χ1n) is 12.2. The lowest BCUT2D eigenvalue weighted by Gasteiger charge is -2.35. The van der Waals surface area contributed by atoms with E-state index in [1.165, 1.54) is 30.8 Å². The number of nitrogens with zero attached hydrogens (tertiary/aromatic N) is 4. The number of amides is 1. The number of carbonyl (C=O) groups excluding carboxylic acids is 1. The molecule has 1 fully saturated rings. The second-order valence-corrected chi connectivity index (χ2v) is 9.08. The van der Waals surface area contributed by atoms with Crippen LogP contribution in [0.2, 0.25) is 0 Å². The van der Waals surface area contributed by atoms with Crippen LogP contribution in [-0.2, 0) is 24.8 Å². The fourth-order valence-corrected chi connectivity index (χ4v) is 5.09. The SMILES string of the molecule is CCn1c(N2CCC[C@@H](C(=O)NCCCN3CCCc4ccccc43)C2)cc(=O)n(C)c1=O. The van der Waals surface area contributed by atoms with Gasteiger partial charge in [-0.1, -0.05) is 18.2 Å². The normalized spacial score (nSPS) is 18.2. The third kappa shape index (κ3) is 4.99. The van der Waals surface area contributed by atoms with E-state index < -0.39 is 0 Å². The van der Waals surface area contributed by atoms with Crippen LogP contribution >= 0.6 is 0 Å². The number of aryl methyl sites for hydroxylation is 1. The summed E-state index contributed by atoms with van der Waals surface area (Å²) in [6.45, 7) is 6.30. The van der Waals surface area contributed by atoms with Crippen molar-refractivity contribution in [2.75, 3.05) is 42.5 Å². The quantitative estimate of drug-likeness (QED) is 0.646. The van der Waals surface area contributed by atoms with Gasteiger partial charge in [-0.3, -0.25) is 18.7 Å². The molecule has 3 heterocycles. The topological polar surface area (TPSA) is 79.6 Å². The maximum atomic E-state index is 12.9. The molecule has 4 rings (SSSR count). The Morgan fingerprint density at radius 2 is 1.97 bits per heavy atom. The van der Waals surface area contributed by atoms with E-state index in [0.29, 0.717) is 25.5 Å². The lowest BCUT2D eigenvalue weighted by Crippen LogP contribution is -2.47. The number of nitrogens with one attached hydrogen (secondary N) is 1. The van der Waals surface area contributed by atoms with Crippen molar-refractivity contribution >= 4 is 17.4 Å². The number of piperidine rings is 1. The van der Waals surface area contributed by atoms with E-state index in [0.717, 1.165) is 49.9 Å². The lowest BCUT2D eigenvalue weighted by molar-refractivity contribution is -0.125. The van der Waals surface area contributed by atoms with Crippen LogP contribution in [0.4, 0.5) is 11.5 Å². The summed E-state index contributed by atoms with van der Waals surface area (Å²) in [5, 5.41) is 3.12. The molecular formula is C25H35N5O3. The first-order chi connectivity index (χ1) is 16.0. The van der Waals surface area contributed by atoms with E-state index in [9.17, 15) is 14.4 Å². The van der Waals surface area contributed by atoms with Crippen molar-refractivity contribution in [1.82, 2.24) is 14.5 Å². The van der Waals surface area contributed by atoms with E-state index in [2.05, 4.69) is 34.5 Å². The number of anilines is 2. The van der Waals surface area contributed by atoms with Crippen LogP contribution in [0.15, 0.2) is 39.9 Å². The fourth-order valence-electron chi connectivity index (χ4n) is 5.09. The molecule has 1 atom stereocenters. The van der Waals surface area contributed by atoms with Gasteiger partial charge in [-0.25, -0.2) is 4.79 Å². The predicted octanol–water partition coefficient (Wildman–Crippen LogP) is 1.74. The number of benzene rings is 1. The van der Waals surface area contributed by atoms with Crippen molar-refractivity contribution < 1.29 is 4.79 Å². The Labute approximate surface area is 194 Å². The van der Waals surface area contributed by atoms with Gasteiger partial charge in [0.15, 0.2) is 0 Å². The number of rotatable bonds is 7. The first-order valence-corrected chi connectivity index (χ1v) is 12.2. The minimum absolute atomic E-state index is 0.0629. The van der Waals surface area contributed by atoms with Gasteiger partial charge in [0.1, 0.15) is 5.82 Å². The summed E-state index contributed by atoms with van der Waals surface area (Å²) in [6.07, 6.45) is 4.90. The summed E-state index contributed by atoms with van der Waals surface area (Å²) >= 11 is 0. The minimum Gasteiger partial charge on any atom is -0.371 e. The molecule has 1 N–H and O–H groups in total. The van der Waals surface area contributed by atoms with E-state index in [4.69, 9.17) is 0 Å². The third-order valence-electron chi connectivity index (χ3n) is 6.92. The van der Waals surface area contributed by atoms with Crippen LogP contribution < -0.4 is 26.4 Å². The molecule has 0 radical (unpaired) electrons. The van der Waals surface area contributed by atoms with Gasteiger partial charge in [0.05, 0.1) is 5.92 Å². The van der Waals surface area contributed by atoms with E-state index >= 15 is 0 Å². The van der Waals surface area contributed by atoms with Gasteiger partial charge in [-0.2, -0.15) is 0 Å². The van der Waals surface area contributed by atoms with Crippen molar-refractivity contribution in [3.63, 3.8) is 0 Å². The number of fused-ring (bicyclic) bond motifs is 1. The molecule has 1 saturated heterocycles. The van der Waals surface area contributed by atoms with Crippen molar-refractivity contribution in [2.24, 2.45) is 13.0 Å². The molecule has 2 aromatic rings. The molecule has 0 aliphatic carbocycles. The highest BCUT2D eigenvalue weighted by Crippen LogP contribution is 2.26. The largest absolute Gasteiger partial charge is 0.371 e. The molecule has 8 nitrogen and oxygen atoms in total. The van der Waals surface area contributed by atoms with Gasteiger partial charge in [-0.15, -0.1) is 0 Å². The summed E-state index contributed by atoms with van der Waals surface area (Å²) in [7, 11) is 1.50. The molecule has 0 bridgehead atoms. The zero-order valence-corrected chi connectivity index (χ0v) is 19.8. The van der Waals surface area contributed by atoms with Crippen LogP contribution in [0.1, 0.15) is 38.2 Å². The highest BCUT2D eigenvalue weighted by molar-refractivity contribution is 5.79. The van der Waals surface area contributed by atoms with E-state index in [1.54, 1.807) is 4.57 Å². The molecule has 1 aromatic heterocycles. The van der Waals surface area contributed by atoms with Crippen LogP contribution in [0.5, 0.6) is 0 Å². The summed E-state index contributed by atoms with van der Waals surface area (Å²) in [6, 6.07) is 10.1. The molecule has 178 valence electrons. The molecular weight excluding hydrogens is 418 g/mol. The summed E-state index contributed by atoms with van der Waals surface area (Å²) in [4.78, 5) is 42.0. The Bertz CT molecular complexity index is 1110. The second-order valence-electron chi connectivity index (χ2n) is 9.08. The standard InChI is InChI=1S/C25H35N5O3/c1-3-30-22(17-23(31)27(2)25(30)33)29-15-7-11-20(18-29)24(32)26-13-8-16-28-14-6-10-19-9-4-5-12-21(19)28/h4-5,9,12,17,20H,3,6-8,10-11,13-16,18H2,1-2H3,(H,26,32)/t20-/m1/s1. The Balaban J connectivity index is 1.32. The molecule has 8 heteroatoms. The predicted molar refractivity (Wildman–Crippen MR) is 131 cm³/mol. The molecule has 2 aliphatic heterocycles. The van der Waals surface area contributed by atoms with Gasteiger partial charge in [0.2, 0.25) is 5.91 Å². The van der Waals surface area contributed by atoms with Gasteiger partial charge < -0.3 is 15.1 Å². The van der Waals surface area contributed by atoms with Crippen LogP contribution in [0.3, 0.4) is 0 Å². The highest BCUT2D eigenvalue weighted by atomic mass is 16.2. The smallest absolute Gasteiger partial charge is 0.332 e. The second kappa shape index (κ2) is 10.3. The van der Waals surface area contributed by atoms with Crippen LogP contribution in [0.25, 0.3) is 0 Å². The van der Waals surface area contributed by atoms with E-state index in [1.807, 2.05) is 11.8 Å². The molecule has 33 heavy (non-hydrogen) atoms. The molecule has 0 spiro atoms. The number of aromatic nitrogens is 2.